The Balaban J connectivity index is 2.64. The third-order valence-corrected chi connectivity index (χ3v) is 3.99. The van der Waals surface area contributed by atoms with Crippen molar-refractivity contribution in [1.82, 2.24) is 14.3 Å². The van der Waals surface area contributed by atoms with Crippen molar-refractivity contribution >= 4 is 11.0 Å². The van der Waals surface area contributed by atoms with Gasteiger partial charge < -0.3 is 4.74 Å². The van der Waals surface area contributed by atoms with E-state index in [1.54, 1.807) is 7.05 Å². The van der Waals surface area contributed by atoms with Crippen molar-refractivity contribution < 1.29 is 17.9 Å². The van der Waals surface area contributed by atoms with Gasteiger partial charge in [-0.1, -0.05) is 13.8 Å². The van der Waals surface area contributed by atoms with Crippen LogP contribution < -0.4 is 5.56 Å². The number of hydrogen-bond donors (Lipinski definition) is 0. The molecule has 5 nitrogen and oxygen atoms in total. The number of nitrogens with zero attached hydrogens (tertiary/aromatic N) is 3. The van der Waals surface area contributed by atoms with Gasteiger partial charge in [-0.3, -0.25) is 9.48 Å². The Labute approximate surface area is 138 Å². The standard InChI is InChI=1S/C16H22F3N3O2/c1-9(2)6-11(24-5)8-22-15(23)13-12(16(17,18)19)7-10(3)20-14(13)21(22)4/h7,9,11H,6,8H2,1-5H3. The van der Waals surface area contributed by atoms with Gasteiger partial charge in [0.05, 0.1) is 23.6 Å². The number of pyridine rings is 1. The topological polar surface area (TPSA) is 49.1 Å². The van der Waals surface area contributed by atoms with Gasteiger partial charge in [0, 0.05) is 19.9 Å². The summed E-state index contributed by atoms with van der Waals surface area (Å²) in [6.07, 6.45) is -4.17. The van der Waals surface area contributed by atoms with Crippen LogP contribution in [0.15, 0.2) is 10.9 Å². The summed E-state index contributed by atoms with van der Waals surface area (Å²) in [5.74, 6) is 0.339. The molecule has 0 saturated heterocycles. The van der Waals surface area contributed by atoms with Gasteiger partial charge in [-0.15, -0.1) is 0 Å². The second kappa shape index (κ2) is 6.58. The SMILES string of the molecule is COC(CC(C)C)Cn1c(=O)c2c(C(F)(F)F)cc(C)nc2n1C. The molecule has 2 aromatic rings. The molecule has 0 amide bonds. The van der Waals surface area contributed by atoms with E-state index in [0.29, 0.717) is 12.3 Å². The van der Waals surface area contributed by atoms with Crippen LogP contribution in [-0.2, 0) is 24.5 Å². The molecule has 0 aliphatic rings. The average Bonchev–Trinajstić information content (AvgIpc) is 2.69. The fraction of sp³-hybridized carbons (Fsp3) is 0.625. The maximum absolute atomic E-state index is 13.3. The normalized spacial score (nSPS) is 13.9. The van der Waals surface area contributed by atoms with Crippen LogP contribution in [0.4, 0.5) is 13.2 Å². The van der Waals surface area contributed by atoms with Gasteiger partial charge in [0.2, 0.25) is 0 Å². The first kappa shape index (κ1) is 18.5. The van der Waals surface area contributed by atoms with E-state index < -0.39 is 22.7 Å². The molecular formula is C16H22F3N3O2. The van der Waals surface area contributed by atoms with Gasteiger partial charge in [0.15, 0.2) is 5.65 Å². The maximum Gasteiger partial charge on any atom is 0.417 e. The van der Waals surface area contributed by atoms with Gasteiger partial charge in [-0.05, 0) is 25.3 Å². The Morgan fingerprint density at radius 3 is 2.46 bits per heavy atom. The van der Waals surface area contributed by atoms with Crippen molar-refractivity contribution in [3.8, 4) is 0 Å². The first-order valence-electron chi connectivity index (χ1n) is 7.73. The molecule has 0 aliphatic carbocycles. The second-order valence-corrected chi connectivity index (χ2v) is 6.41. The van der Waals surface area contributed by atoms with Crippen molar-refractivity contribution in [3.05, 3.63) is 27.7 Å². The third kappa shape index (κ3) is 3.48. The summed E-state index contributed by atoms with van der Waals surface area (Å²) >= 11 is 0. The van der Waals surface area contributed by atoms with Crippen LogP contribution in [0.3, 0.4) is 0 Å². The molecule has 0 radical (unpaired) electrons. The number of hydrogen-bond acceptors (Lipinski definition) is 3. The third-order valence-electron chi connectivity index (χ3n) is 3.99. The molecule has 0 N–H and O–H groups in total. The van der Waals surface area contributed by atoms with Gasteiger partial charge in [0.25, 0.3) is 5.56 Å². The van der Waals surface area contributed by atoms with Crippen LogP contribution in [0, 0.1) is 12.8 Å². The number of rotatable bonds is 5. The predicted octanol–water partition coefficient (Wildman–Crippen LogP) is 3.12. The zero-order valence-electron chi connectivity index (χ0n) is 14.4. The molecule has 24 heavy (non-hydrogen) atoms. The van der Waals surface area contributed by atoms with Crippen molar-refractivity contribution in [1.29, 1.82) is 0 Å². The van der Waals surface area contributed by atoms with Crippen molar-refractivity contribution in [3.63, 3.8) is 0 Å². The highest BCUT2D eigenvalue weighted by molar-refractivity contribution is 5.79. The monoisotopic (exact) mass is 345 g/mol. The zero-order valence-corrected chi connectivity index (χ0v) is 14.4. The van der Waals surface area contributed by atoms with Gasteiger partial charge in [0.1, 0.15) is 0 Å². The van der Waals surface area contributed by atoms with E-state index in [-0.39, 0.29) is 24.0 Å². The van der Waals surface area contributed by atoms with Crippen molar-refractivity contribution in [2.45, 2.75) is 46.0 Å². The van der Waals surface area contributed by atoms with E-state index in [1.165, 1.54) is 23.4 Å². The number of halogens is 3. The Hall–Kier alpha value is -1.83. The van der Waals surface area contributed by atoms with Crippen LogP contribution in [0.2, 0.25) is 0 Å². The highest BCUT2D eigenvalue weighted by Gasteiger charge is 2.36. The minimum atomic E-state index is -4.61. The molecule has 0 fully saturated rings. The summed E-state index contributed by atoms with van der Waals surface area (Å²) in [7, 11) is 3.07. The molecule has 0 saturated carbocycles. The number of fused-ring (bicyclic) bond motifs is 1. The van der Waals surface area contributed by atoms with Crippen molar-refractivity contribution in [2.75, 3.05) is 7.11 Å². The largest absolute Gasteiger partial charge is 0.417 e. The minimum Gasteiger partial charge on any atom is -0.380 e. The molecule has 0 bridgehead atoms. The van der Waals surface area contributed by atoms with Crippen LogP contribution in [0.1, 0.15) is 31.5 Å². The lowest BCUT2D eigenvalue weighted by molar-refractivity contribution is -0.136. The maximum atomic E-state index is 13.3. The van der Waals surface area contributed by atoms with Crippen LogP contribution in [-0.4, -0.2) is 27.6 Å². The lowest BCUT2D eigenvalue weighted by Crippen LogP contribution is -2.30. The fourth-order valence-corrected chi connectivity index (χ4v) is 2.87. The van der Waals surface area contributed by atoms with Crippen LogP contribution in [0.25, 0.3) is 11.0 Å². The molecule has 2 heterocycles. The average molecular weight is 345 g/mol. The van der Waals surface area contributed by atoms with E-state index >= 15 is 0 Å². The molecular weight excluding hydrogens is 323 g/mol. The quantitative estimate of drug-likeness (QED) is 0.837. The van der Waals surface area contributed by atoms with Gasteiger partial charge >= 0.3 is 6.18 Å². The first-order valence-corrected chi connectivity index (χ1v) is 7.73. The highest BCUT2D eigenvalue weighted by atomic mass is 19.4. The summed E-state index contributed by atoms with van der Waals surface area (Å²) in [6.45, 7) is 5.69. The number of aryl methyl sites for hydroxylation is 2. The Bertz CT molecular complexity index is 790. The molecule has 1 atom stereocenters. The van der Waals surface area contributed by atoms with E-state index in [1.807, 2.05) is 13.8 Å². The van der Waals surface area contributed by atoms with Gasteiger partial charge in [-0.25, -0.2) is 9.67 Å². The lowest BCUT2D eigenvalue weighted by atomic mass is 10.1. The van der Waals surface area contributed by atoms with Crippen LogP contribution >= 0.6 is 0 Å². The fourth-order valence-electron chi connectivity index (χ4n) is 2.87. The lowest BCUT2D eigenvalue weighted by Gasteiger charge is -2.18. The summed E-state index contributed by atoms with van der Waals surface area (Å²) < 4.78 is 48.0. The van der Waals surface area contributed by atoms with E-state index in [0.717, 1.165) is 6.07 Å². The predicted molar refractivity (Wildman–Crippen MR) is 85.0 cm³/mol. The van der Waals surface area contributed by atoms with Crippen LogP contribution in [0.5, 0.6) is 0 Å². The smallest absolute Gasteiger partial charge is 0.380 e. The zero-order chi connectivity index (χ0) is 18.2. The Morgan fingerprint density at radius 1 is 1.33 bits per heavy atom. The number of methoxy groups -OCH3 is 1. The highest BCUT2D eigenvalue weighted by Crippen LogP contribution is 2.33. The molecule has 2 rings (SSSR count). The molecule has 1 unspecified atom stereocenters. The second-order valence-electron chi connectivity index (χ2n) is 6.41. The number of aromatic nitrogens is 3. The number of ether oxygens (including phenoxy) is 1. The number of alkyl halides is 3. The summed E-state index contributed by atoms with van der Waals surface area (Å²) in [5, 5.41) is -0.394. The van der Waals surface area contributed by atoms with E-state index in [9.17, 15) is 18.0 Å². The Kier molecular flexibility index (Phi) is 5.08. The van der Waals surface area contributed by atoms with Gasteiger partial charge in [-0.2, -0.15) is 13.2 Å². The van der Waals surface area contributed by atoms with Crippen molar-refractivity contribution in [2.24, 2.45) is 13.0 Å². The first-order chi connectivity index (χ1) is 11.1. The summed E-state index contributed by atoms with van der Waals surface area (Å²) in [4.78, 5) is 16.7. The molecule has 8 heteroatoms. The minimum absolute atomic E-state index is 0.0340. The summed E-state index contributed by atoms with van der Waals surface area (Å²) in [6, 6.07) is 0.913. The summed E-state index contributed by atoms with van der Waals surface area (Å²) in [5.41, 5.74) is -1.39. The molecule has 0 aliphatic heterocycles. The molecule has 134 valence electrons. The Morgan fingerprint density at radius 2 is 1.96 bits per heavy atom. The van der Waals surface area contributed by atoms with E-state index in [4.69, 9.17) is 4.74 Å². The molecule has 0 spiro atoms. The molecule has 2 aromatic heterocycles. The van der Waals surface area contributed by atoms with E-state index in [2.05, 4.69) is 4.98 Å². The molecule has 0 aromatic carbocycles.